The van der Waals surface area contributed by atoms with E-state index in [1.165, 1.54) is 6.20 Å². The first-order valence-electron chi connectivity index (χ1n) is 3.46. The van der Waals surface area contributed by atoms with Gasteiger partial charge in [0.05, 0.1) is 6.20 Å². The second kappa shape index (κ2) is 2.98. The van der Waals surface area contributed by atoms with Crippen LogP contribution in [0.4, 0.5) is 0 Å². The van der Waals surface area contributed by atoms with E-state index in [1.54, 1.807) is 12.3 Å². The zero-order valence-corrected chi connectivity index (χ0v) is 7.21. The normalized spacial score (nSPS) is 10.2. The number of carboxylic acids is 1. The third-order valence-corrected chi connectivity index (χ3v) is 2.44. The molecule has 66 valence electrons. The monoisotopic (exact) mass is 195 g/mol. The third kappa shape index (κ3) is 1.43. The quantitative estimate of drug-likeness (QED) is 0.755. The largest absolute Gasteiger partial charge is 0.477 e. The molecule has 0 amide bonds. The van der Waals surface area contributed by atoms with E-state index < -0.39 is 5.97 Å². The Balaban J connectivity index is 2.39. The summed E-state index contributed by atoms with van der Waals surface area (Å²) in [5.41, 5.74) is 0.664. The minimum Gasteiger partial charge on any atom is -0.477 e. The van der Waals surface area contributed by atoms with Crippen molar-refractivity contribution in [2.75, 3.05) is 0 Å². The standard InChI is InChI=1S/C7H5N3O2S/c11-7(12)5-3-8-6(13-5)4-1-2-9-10-4/h1-3H,(H,9,10)(H,11,12). The maximum atomic E-state index is 10.5. The Morgan fingerprint density at radius 3 is 3.00 bits per heavy atom. The topological polar surface area (TPSA) is 78.9 Å². The summed E-state index contributed by atoms with van der Waals surface area (Å²) in [7, 11) is 0. The highest BCUT2D eigenvalue weighted by atomic mass is 32.1. The van der Waals surface area contributed by atoms with Crippen LogP contribution in [0.15, 0.2) is 18.5 Å². The first-order valence-corrected chi connectivity index (χ1v) is 4.28. The van der Waals surface area contributed by atoms with Gasteiger partial charge >= 0.3 is 5.97 Å². The van der Waals surface area contributed by atoms with Crippen molar-refractivity contribution in [1.82, 2.24) is 15.2 Å². The minimum absolute atomic E-state index is 0.220. The van der Waals surface area contributed by atoms with Gasteiger partial charge in [-0.05, 0) is 6.07 Å². The van der Waals surface area contributed by atoms with Crippen molar-refractivity contribution in [3.8, 4) is 10.7 Å². The lowest BCUT2D eigenvalue weighted by molar-refractivity contribution is 0.0702. The zero-order valence-electron chi connectivity index (χ0n) is 6.39. The number of rotatable bonds is 2. The van der Waals surface area contributed by atoms with E-state index in [1.807, 2.05) is 0 Å². The lowest BCUT2D eigenvalue weighted by Gasteiger charge is -1.83. The Bertz CT molecular complexity index is 421. The number of aromatic carboxylic acids is 1. The highest BCUT2D eigenvalue weighted by Gasteiger charge is 2.10. The Kier molecular flexibility index (Phi) is 1.82. The zero-order chi connectivity index (χ0) is 9.26. The molecule has 0 aromatic carbocycles. The average Bonchev–Trinajstić information content (AvgIpc) is 2.75. The lowest BCUT2D eigenvalue weighted by Crippen LogP contribution is -1.89. The van der Waals surface area contributed by atoms with E-state index in [-0.39, 0.29) is 4.88 Å². The van der Waals surface area contributed by atoms with Gasteiger partial charge in [0.25, 0.3) is 0 Å². The highest BCUT2D eigenvalue weighted by molar-refractivity contribution is 7.16. The van der Waals surface area contributed by atoms with Gasteiger partial charge in [0.1, 0.15) is 15.6 Å². The molecule has 5 nitrogen and oxygen atoms in total. The van der Waals surface area contributed by atoms with Crippen LogP contribution in [0.3, 0.4) is 0 Å². The van der Waals surface area contributed by atoms with Crippen LogP contribution in [0, 0.1) is 0 Å². The van der Waals surface area contributed by atoms with Crippen molar-refractivity contribution in [3.05, 3.63) is 23.3 Å². The van der Waals surface area contributed by atoms with Crippen LogP contribution in [-0.2, 0) is 0 Å². The molecule has 0 unspecified atom stereocenters. The molecule has 0 bridgehead atoms. The first-order chi connectivity index (χ1) is 6.27. The Morgan fingerprint density at radius 2 is 2.46 bits per heavy atom. The second-order valence-corrected chi connectivity index (χ2v) is 3.32. The Labute approximate surface area is 77.1 Å². The fraction of sp³-hybridized carbons (Fsp3) is 0. The molecule has 0 aliphatic rings. The lowest BCUT2D eigenvalue weighted by atomic mass is 10.5. The molecule has 0 spiro atoms. The summed E-state index contributed by atoms with van der Waals surface area (Å²) >= 11 is 1.11. The molecule has 2 aromatic heterocycles. The molecule has 2 rings (SSSR count). The number of aromatic nitrogens is 3. The maximum Gasteiger partial charge on any atom is 0.347 e. The van der Waals surface area contributed by atoms with Crippen LogP contribution < -0.4 is 0 Å². The van der Waals surface area contributed by atoms with Gasteiger partial charge in [0.15, 0.2) is 0 Å². The van der Waals surface area contributed by atoms with Gasteiger partial charge in [-0.3, -0.25) is 5.10 Å². The van der Waals surface area contributed by atoms with Crippen LogP contribution >= 0.6 is 11.3 Å². The smallest absolute Gasteiger partial charge is 0.347 e. The Hall–Kier alpha value is -1.69. The summed E-state index contributed by atoms with van der Waals surface area (Å²) in [5.74, 6) is -0.959. The predicted molar refractivity (Wildman–Crippen MR) is 46.7 cm³/mol. The van der Waals surface area contributed by atoms with Gasteiger partial charge in [-0.1, -0.05) is 0 Å². The first kappa shape index (κ1) is 7.93. The molecule has 0 atom stereocenters. The van der Waals surface area contributed by atoms with Gasteiger partial charge in [-0.15, -0.1) is 11.3 Å². The number of H-pyrrole nitrogens is 1. The van der Waals surface area contributed by atoms with Crippen LogP contribution in [0.2, 0.25) is 0 Å². The van der Waals surface area contributed by atoms with Crippen molar-refractivity contribution >= 4 is 17.3 Å². The van der Waals surface area contributed by atoms with Gasteiger partial charge in [0, 0.05) is 6.20 Å². The van der Waals surface area contributed by atoms with E-state index in [4.69, 9.17) is 5.11 Å². The molecule has 2 aromatic rings. The second-order valence-electron chi connectivity index (χ2n) is 2.29. The maximum absolute atomic E-state index is 10.5. The van der Waals surface area contributed by atoms with Crippen molar-refractivity contribution in [2.45, 2.75) is 0 Å². The summed E-state index contributed by atoms with van der Waals surface area (Å²) in [6.45, 7) is 0. The van der Waals surface area contributed by atoms with Crippen LogP contribution in [0.1, 0.15) is 9.67 Å². The average molecular weight is 195 g/mol. The summed E-state index contributed by atoms with van der Waals surface area (Å²) in [6, 6.07) is 1.74. The fourth-order valence-electron chi connectivity index (χ4n) is 0.871. The molecule has 13 heavy (non-hydrogen) atoms. The number of hydrogen-bond acceptors (Lipinski definition) is 4. The van der Waals surface area contributed by atoms with E-state index in [2.05, 4.69) is 15.2 Å². The van der Waals surface area contributed by atoms with Crippen molar-refractivity contribution < 1.29 is 9.90 Å². The van der Waals surface area contributed by atoms with Crippen LogP contribution in [-0.4, -0.2) is 26.3 Å². The molecule has 0 radical (unpaired) electrons. The number of thiazole rings is 1. The number of hydrogen-bond donors (Lipinski definition) is 2. The molecule has 0 fully saturated rings. The number of carbonyl (C=O) groups is 1. The number of nitrogens with one attached hydrogen (secondary N) is 1. The van der Waals surface area contributed by atoms with E-state index in [0.717, 1.165) is 11.3 Å². The highest BCUT2D eigenvalue weighted by Crippen LogP contribution is 2.22. The van der Waals surface area contributed by atoms with E-state index in [0.29, 0.717) is 10.7 Å². The number of aromatic amines is 1. The summed E-state index contributed by atoms with van der Waals surface area (Å²) in [5, 5.41) is 15.8. The molecule has 0 aliphatic heterocycles. The molecule has 6 heteroatoms. The number of nitrogens with zero attached hydrogens (tertiary/aromatic N) is 2. The SMILES string of the molecule is O=C(O)c1cnc(-c2cc[nH]n2)s1. The van der Waals surface area contributed by atoms with Crippen molar-refractivity contribution in [1.29, 1.82) is 0 Å². The van der Waals surface area contributed by atoms with Crippen LogP contribution in [0.25, 0.3) is 10.7 Å². The summed E-state index contributed by atoms with van der Waals surface area (Å²) in [4.78, 5) is 14.7. The summed E-state index contributed by atoms with van der Waals surface area (Å²) in [6.07, 6.45) is 2.99. The molecule has 0 aliphatic carbocycles. The molecule has 2 N–H and O–H groups in total. The van der Waals surface area contributed by atoms with Gasteiger partial charge in [-0.25, -0.2) is 9.78 Å². The predicted octanol–water partition coefficient (Wildman–Crippen LogP) is 1.23. The molecule has 0 saturated heterocycles. The molecular weight excluding hydrogens is 190 g/mol. The van der Waals surface area contributed by atoms with Crippen molar-refractivity contribution in [2.24, 2.45) is 0 Å². The number of carboxylic acid groups (broad SMARTS) is 1. The van der Waals surface area contributed by atoms with Gasteiger partial charge in [-0.2, -0.15) is 5.10 Å². The molecular formula is C7H5N3O2S. The van der Waals surface area contributed by atoms with Crippen molar-refractivity contribution in [3.63, 3.8) is 0 Å². The minimum atomic E-state index is -0.959. The molecule has 0 saturated carbocycles. The Morgan fingerprint density at radius 1 is 1.62 bits per heavy atom. The third-order valence-electron chi connectivity index (χ3n) is 1.44. The fourth-order valence-corrected chi connectivity index (χ4v) is 1.60. The summed E-state index contributed by atoms with van der Waals surface area (Å²) < 4.78 is 0. The van der Waals surface area contributed by atoms with E-state index in [9.17, 15) is 4.79 Å². The molecule has 2 heterocycles. The van der Waals surface area contributed by atoms with E-state index >= 15 is 0 Å². The van der Waals surface area contributed by atoms with Crippen LogP contribution in [0.5, 0.6) is 0 Å². The van der Waals surface area contributed by atoms with Gasteiger partial charge < -0.3 is 5.11 Å². The van der Waals surface area contributed by atoms with Gasteiger partial charge in [0.2, 0.25) is 0 Å².